The smallest absolute Gasteiger partial charge is 0.226 e. The van der Waals surface area contributed by atoms with Crippen molar-refractivity contribution in [2.75, 3.05) is 77.2 Å². The Labute approximate surface area is 304 Å². The number of anilines is 1. The number of hydrogen-bond donors (Lipinski definition) is 5. The number of hydrogen-bond acceptors (Lipinski definition) is 14. The predicted molar refractivity (Wildman–Crippen MR) is 191 cm³/mol. The van der Waals surface area contributed by atoms with Crippen molar-refractivity contribution in [3.05, 3.63) is 46.9 Å². The normalized spacial score (nSPS) is 20.7. The van der Waals surface area contributed by atoms with Gasteiger partial charge in [-0.15, -0.1) is 0 Å². The molecule has 3 aromatic rings. The number of nitrogens with zero attached hydrogens (tertiary/aromatic N) is 4. The van der Waals surface area contributed by atoms with Gasteiger partial charge in [-0.1, -0.05) is 31.2 Å². The number of rotatable bonds is 23. The van der Waals surface area contributed by atoms with E-state index in [1.165, 1.54) is 0 Å². The third kappa shape index (κ3) is 11.9. The van der Waals surface area contributed by atoms with Crippen molar-refractivity contribution in [1.82, 2.24) is 25.1 Å². The number of amides is 1. The lowest BCUT2D eigenvalue weighted by Crippen LogP contribution is -2.37. The van der Waals surface area contributed by atoms with Crippen LogP contribution in [-0.2, 0) is 39.4 Å². The Kier molecular flexibility index (Phi) is 16.4. The number of ether oxygens (including phenoxy) is 5. The van der Waals surface area contributed by atoms with Gasteiger partial charge in [-0.3, -0.25) is 4.79 Å². The minimum absolute atomic E-state index is 0.0120. The zero-order chi connectivity index (χ0) is 36.0. The summed E-state index contributed by atoms with van der Waals surface area (Å²) in [6.45, 7) is 6.58. The molecule has 3 heterocycles. The van der Waals surface area contributed by atoms with Crippen molar-refractivity contribution in [1.29, 1.82) is 0 Å². The topological polar surface area (TPSA) is 201 Å². The van der Waals surface area contributed by atoms with Crippen LogP contribution in [0.15, 0.2) is 30.5 Å². The van der Waals surface area contributed by atoms with Gasteiger partial charge in [0.2, 0.25) is 11.2 Å². The third-order valence-corrected chi connectivity index (χ3v) is 10.9. The molecule has 2 aliphatic rings. The van der Waals surface area contributed by atoms with Crippen LogP contribution < -0.4 is 10.6 Å². The maximum atomic E-state index is 13.5. The van der Waals surface area contributed by atoms with Crippen LogP contribution in [-0.4, -0.2) is 118 Å². The lowest BCUT2D eigenvalue weighted by atomic mass is 9.99. The summed E-state index contributed by atoms with van der Waals surface area (Å²) in [6, 6.07) is 7.56. The number of halogens is 1. The summed E-state index contributed by atoms with van der Waals surface area (Å²) in [7, 11) is -4.18. The highest BCUT2D eigenvalue weighted by atomic mass is 35.5. The van der Waals surface area contributed by atoms with E-state index in [1.807, 2.05) is 24.3 Å². The van der Waals surface area contributed by atoms with Crippen molar-refractivity contribution in [2.24, 2.45) is 5.92 Å². The lowest BCUT2D eigenvalue weighted by Gasteiger charge is -2.22. The van der Waals surface area contributed by atoms with Gasteiger partial charge in [0.05, 0.1) is 88.4 Å². The van der Waals surface area contributed by atoms with E-state index in [1.54, 1.807) is 10.9 Å². The summed E-state index contributed by atoms with van der Waals surface area (Å²) in [6.07, 6.45) is 3.68. The molecular weight excluding hydrogens is 726 g/mol. The standard InChI is InChI=1S/C32H47ClN6O10P2/c1-2-10-44-12-14-46-16-17-47-15-13-45-11-9-34-31(40)25-18-22-5-3-4-6-24(22)28(25)36-29-26-19-35-39(30(26)38-32(33)37-29)27-8-7-23(49-27)20-48-51(43)21-50(41)42/h3-6,19,23,25,27-28,41-43H,2,7-18,20-21H2,1H3,(H,34,40)(H,36,37,38). The van der Waals surface area contributed by atoms with E-state index in [0.29, 0.717) is 88.9 Å². The highest BCUT2D eigenvalue weighted by Crippen LogP contribution is 2.45. The molecule has 0 bridgehead atoms. The molecule has 0 radical (unpaired) electrons. The second-order valence-corrected chi connectivity index (χ2v) is 15.2. The van der Waals surface area contributed by atoms with Crippen molar-refractivity contribution < 1.29 is 47.7 Å². The van der Waals surface area contributed by atoms with E-state index in [2.05, 4.69) is 32.6 Å². The molecule has 1 amide bonds. The number of benzene rings is 1. The maximum absolute atomic E-state index is 13.5. The Morgan fingerprint density at radius 2 is 1.71 bits per heavy atom. The van der Waals surface area contributed by atoms with Crippen molar-refractivity contribution in [3.8, 4) is 0 Å². The van der Waals surface area contributed by atoms with Crippen molar-refractivity contribution in [3.63, 3.8) is 0 Å². The number of aromatic nitrogens is 4. The first-order chi connectivity index (χ1) is 24.8. The van der Waals surface area contributed by atoms with E-state index >= 15 is 0 Å². The van der Waals surface area contributed by atoms with Crippen LogP contribution in [0.5, 0.6) is 0 Å². The quantitative estimate of drug-likeness (QED) is 0.0531. The second kappa shape index (κ2) is 20.9. The van der Waals surface area contributed by atoms with Crippen LogP contribution >= 0.6 is 28.4 Å². The predicted octanol–water partition coefficient (Wildman–Crippen LogP) is 3.65. The van der Waals surface area contributed by atoms with Gasteiger partial charge in [0.25, 0.3) is 0 Å². The van der Waals surface area contributed by atoms with E-state index < -0.39 is 28.9 Å². The molecule has 282 valence electrons. The Bertz CT molecular complexity index is 1530. The average molecular weight is 773 g/mol. The molecule has 0 saturated carbocycles. The summed E-state index contributed by atoms with van der Waals surface area (Å²) in [5, 5.41) is 11.7. The molecule has 51 heavy (non-hydrogen) atoms. The van der Waals surface area contributed by atoms with Gasteiger partial charge < -0.3 is 53.5 Å². The number of carbonyl (C=O) groups excluding carboxylic acids is 1. The zero-order valence-corrected chi connectivity index (χ0v) is 31.1. The number of fused-ring (bicyclic) bond motifs is 2. The van der Waals surface area contributed by atoms with Crippen molar-refractivity contribution >= 4 is 51.1 Å². The molecule has 1 saturated heterocycles. The summed E-state index contributed by atoms with van der Waals surface area (Å²) in [4.78, 5) is 50.6. The molecule has 2 aromatic heterocycles. The largest absolute Gasteiger partial charge is 0.379 e. The zero-order valence-electron chi connectivity index (χ0n) is 28.6. The molecule has 5 N–H and O–H groups in total. The molecule has 1 aliphatic carbocycles. The van der Waals surface area contributed by atoms with Crippen LogP contribution in [0.4, 0.5) is 5.82 Å². The van der Waals surface area contributed by atoms with E-state index in [4.69, 9.17) is 49.6 Å². The third-order valence-electron chi connectivity index (χ3n) is 8.31. The monoisotopic (exact) mass is 772 g/mol. The molecule has 19 heteroatoms. The fourth-order valence-corrected chi connectivity index (χ4v) is 7.67. The first kappa shape index (κ1) is 40.0. The number of nitrogens with one attached hydrogen (secondary N) is 2. The molecule has 5 unspecified atom stereocenters. The molecule has 1 aliphatic heterocycles. The molecule has 16 nitrogen and oxygen atoms in total. The highest BCUT2D eigenvalue weighted by Gasteiger charge is 2.38. The van der Waals surface area contributed by atoms with Crippen molar-refractivity contribution in [2.45, 2.75) is 51.0 Å². The van der Waals surface area contributed by atoms with Gasteiger partial charge in [-0.2, -0.15) is 15.1 Å². The van der Waals surface area contributed by atoms with Gasteiger partial charge in [-0.25, -0.2) is 4.68 Å². The second-order valence-electron chi connectivity index (χ2n) is 12.0. The highest BCUT2D eigenvalue weighted by molar-refractivity contribution is 7.63. The molecule has 1 aromatic carbocycles. The minimum Gasteiger partial charge on any atom is -0.379 e. The Morgan fingerprint density at radius 3 is 2.43 bits per heavy atom. The van der Waals surface area contributed by atoms with E-state index in [0.717, 1.165) is 24.2 Å². The lowest BCUT2D eigenvalue weighted by molar-refractivity contribution is -0.125. The fourth-order valence-electron chi connectivity index (χ4n) is 5.98. The SMILES string of the molecule is CCCOCCOCCOCCOCCNC(=O)C1Cc2ccccc2C1Nc1nc(Cl)nc2c1cnn2C1CCC(COP(O)CP(O)O)O1. The molecule has 5 atom stereocenters. The molecular formula is C32H47ClN6O10P2. The molecule has 1 fully saturated rings. The summed E-state index contributed by atoms with van der Waals surface area (Å²) >= 11 is 6.43. The van der Waals surface area contributed by atoms with Gasteiger partial charge >= 0.3 is 0 Å². The Balaban J connectivity index is 1.12. The van der Waals surface area contributed by atoms with Crippen LogP contribution in [0.2, 0.25) is 5.28 Å². The Hall–Kier alpha value is -2.17. The van der Waals surface area contributed by atoms with Crippen LogP contribution in [0.25, 0.3) is 11.0 Å². The minimum atomic E-state index is -2.23. The summed E-state index contributed by atoms with van der Waals surface area (Å²) in [5.41, 5.74) is 2.54. The van der Waals surface area contributed by atoms with Crippen LogP contribution in [0.3, 0.4) is 0 Å². The first-order valence-corrected chi connectivity index (χ1v) is 20.3. The van der Waals surface area contributed by atoms with Crippen LogP contribution in [0, 0.1) is 5.92 Å². The fraction of sp³-hybridized carbons (Fsp3) is 0.625. The van der Waals surface area contributed by atoms with Crippen LogP contribution in [0.1, 0.15) is 49.6 Å². The Morgan fingerprint density at radius 1 is 1.00 bits per heavy atom. The molecule has 0 spiro atoms. The van der Waals surface area contributed by atoms with Gasteiger partial charge in [0, 0.05) is 13.2 Å². The first-order valence-electron chi connectivity index (χ1n) is 17.1. The van der Waals surface area contributed by atoms with E-state index in [9.17, 15) is 9.69 Å². The summed E-state index contributed by atoms with van der Waals surface area (Å²) in [5.74, 6) is -0.269. The average Bonchev–Trinajstić information content (AvgIpc) is 3.84. The van der Waals surface area contributed by atoms with Gasteiger partial charge in [-0.05, 0) is 48.4 Å². The van der Waals surface area contributed by atoms with Gasteiger partial charge in [0.15, 0.2) is 28.6 Å². The summed E-state index contributed by atoms with van der Waals surface area (Å²) < 4.78 is 35.2. The molecule has 5 rings (SSSR count). The van der Waals surface area contributed by atoms with Gasteiger partial charge in [0.1, 0.15) is 5.82 Å². The maximum Gasteiger partial charge on any atom is 0.226 e. The van der Waals surface area contributed by atoms with E-state index in [-0.39, 0.29) is 35.8 Å². The number of carbonyl (C=O) groups is 1.